The lowest BCUT2D eigenvalue weighted by Crippen LogP contribution is -2.02. The minimum atomic E-state index is 0.619. The van der Waals surface area contributed by atoms with Crippen molar-refractivity contribution in [2.24, 2.45) is 16.8 Å². The predicted molar refractivity (Wildman–Crippen MR) is 93.8 cm³/mol. The number of halogens is 1. The van der Waals surface area contributed by atoms with Crippen LogP contribution in [0.5, 0.6) is 5.88 Å². The SMILES string of the molecule is Cc1nc(OCCCC(C)C)c(Br)cc1N=CCC(C)C. The Morgan fingerprint density at radius 1 is 1.29 bits per heavy atom. The molecular formula is C17H27BrN2O. The minimum Gasteiger partial charge on any atom is -0.477 e. The van der Waals surface area contributed by atoms with Gasteiger partial charge in [-0.1, -0.05) is 27.7 Å². The minimum absolute atomic E-state index is 0.619. The van der Waals surface area contributed by atoms with Crippen molar-refractivity contribution < 1.29 is 4.74 Å². The molecule has 0 aliphatic carbocycles. The van der Waals surface area contributed by atoms with Crippen LogP contribution < -0.4 is 4.74 Å². The molecule has 0 spiro atoms. The Morgan fingerprint density at radius 3 is 2.62 bits per heavy atom. The summed E-state index contributed by atoms with van der Waals surface area (Å²) in [6.07, 6.45) is 5.17. The molecule has 4 heteroatoms. The normalized spacial score (nSPS) is 11.8. The van der Waals surface area contributed by atoms with E-state index in [0.717, 1.165) is 28.7 Å². The lowest BCUT2D eigenvalue weighted by atomic mass is 10.1. The van der Waals surface area contributed by atoms with Gasteiger partial charge in [0.05, 0.1) is 22.5 Å². The molecule has 0 bridgehead atoms. The Hall–Kier alpha value is -0.900. The summed E-state index contributed by atoms with van der Waals surface area (Å²) in [5, 5.41) is 0. The smallest absolute Gasteiger partial charge is 0.228 e. The lowest BCUT2D eigenvalue weighted by molar-refractivity contribution is 0.285. The number of aliphatic imine (C=N–C) groups is 1. The van der Waals surface area contributed by atoms with Crippen molar-refractivity contribution in [1.29, 1.82) is 0 Å². The van der Waals surface area contributed by atoms with Gasteiger partial charge in [0, 0.05) is 6.21 Å². The largest absolute Gasteiger partial charge is 0.477 e. The number of rotatable bonds is 8. The lowest BCUT2D eigenvalue weighted by Gasteiger charge is -2.10. The zero-order chi connectivity index (χ0) is 15.8. The average molecular weight is 355 g/mol. The third-order valence-electron chi connectivity index (χ3n) is 3.08. The number of aryl methyl sites for hydroxylation is 1. The van der Waals surface area contributed by atoms with Crippen LogP contribution in [-0.2, 0) is 0 Å². The molecule has 0 atom stereocenters. The summed E-state index contributed by atoms with van der Waals surface area (Å²) in [6, 6.07) is 1.98. The molecule has 0 amide bonds. The van der Waals surface area contributed by atoms with Gasteiger partial charge >= 0.3 is 0 Å². The zero-order valence-corrected chi connectivity index (χ0v) is 15.4. The molecule has 0 radical (unpaired) electrons. The van der Waals surface area contributed by atoms with E-state index in [0.29, 0.717) is 24.3 Å². The van der Waals surface area contributed by atoms with E-state index in [-0.39, 0.29) is 0 Å². The second-order valence-electron chi connectivity index (χ2n) is 6.21. The Bertz CT molecular complexity index is 470. The average Bonchev–Trinajstić information content (AvgIpc) is 2.38. The number of ether oxygens (including phenoxy) is 1. The molecule has 21 heavy (non-hydrogen) atoms. The van der Waals surface area contributed by atoms with Crippen molar-refractivity contribution in [3.8, 4) is 5.88 Å². The molecule has 0 saturated carbocycles. The highest BCUT2D eigenvalue weighted by atomic mass is 79.9. The number of nitrogens with zero attached hydrogens (tertiary/aromatic N) is 2. The van der Waals surface area contributed by atoms with Gasteiger partial charge in [-0.2, -0.15) is 0 Å². The fourth-order valence-corrected chi connectivity index (χ4v) is 2.22. The second-order valence-corrected chi connectivity index (χ2v) is 7.06. The molecule has 0 aliphatic rings. The maximum Gasteiger partial charge on any atom is 0.228 e. The van der Waals surface area contributed by atoms with Crippen LogP contribution in [0.25, 0.3) is 0 Å². The standard InChI is InChI=1S/C17H27BrN2O/c1-12(2)7-6-10-21-17-15(18)11-16(14(5)20-17)19-9-8-13(3)4/h9,11-13H,6-8,10H2,1-5H3. The fraction of sp³-hybridized carbons (Fsp3) is 0.647. The molecule has 0 fully saturated rings. The van der Waals surface area contributed by atoms with Crippen molar-refractivity contribution >= 4 is 27.8 Å². The fourth-order valence-electron chi connectivity index (χ4n) is 1.80. The first kappa shape index (κ1) is 18.1. The summed E-state index contributed by atoms with van der Waals surface area (Å²) in [6.45, 7) is 11.5. The maximum absolute atomic E-state index is 5.76. The van der Waals surface area contributed by atoms with E-state index in [1.807, 2.05) is 19.2 Å². The molecule has 0 unspecified atom stereocenters. The summed E-state index contributed by atoms with van der Waals surface area (Å²) < 4.78 is 6.63. The van der Waals surface area contributed by atoms with E-state index in [4.69, 9.17) is 4.74 Å². The van der Waals surface area contributed by atoms with Crippen LogP contribution in [0, 0.1) is 18.8 Å². The Kier molecular flexibility index (Phi) is 7.94. The topological polar surface area (TPSA) is 34.5 Å². The quantitative estimate of drug-likeness (QED) is 0.442. The summed E-state index contributed by atoms with van der Waals surface area (Å²) >= 11 is 3.52. The second kappa shape index (κ2) is 9.19. The van der Waals surface area contributed by atoms with Crippen LogP contribution >= 0.6 is 15.9 Å². The van der Waals surface area contributed by atoms with Crippen molar-refractivity contribution in [3.05, 3.63) is 16.2 Å². The van der Waals surface area contributed by atoms with Gasteiger partial charge in [-0.05, 0) is 60.0 Å². The van der Waals surface area contributed by atoms with Crippen molar-refractivity contribution in [2.75, 3.05) is 6.61 Å². The Balaban J connectivity index is 2.64. The molecule has 1 aromatic rings. The summed E-state index contributed by atoms with van der Waals surface area (Å²) in [5.74, 6) is 2.00. The van der Waals surface area contributed by atoms with Gasteiger partial charge in [-0.25, -0.2) is 4.98 Å². The first-order valence-electron chi connectivity index (χ1n) is 7.72. The third kappa shape index (κ3) is 7.07. The van der Waals surface area contributed by atoms with Crippen LogP contribution in [-0.4, -0.2) is 17.8 Å². The predicted octanol–water partition coefficient (Wildman–Crippen LogP) is 5.72. The van der Waals surface area contributed by atoms with Crippen LogP contribution in [0.3, 0.4) is 0 Å². The zero-order valence-electron chi connectivity index (χ0n) is 13.8. The van der Waals surface area contributed by atoms with Gasteiger partial charge < -0.3 is 4.74 Å². The molecule has 0 N–H and O–H groups in total. The van der Waals surface area contributed by atoms with Gasteiger partial charge in [-0.15, -0.1) is 0 Å². The third-order valence-corrected chi connectivity index (χ3v) is 3.65. The highest BCUT2D eigenvalue weighted by Crippen LogP contribution is 2.29. The van der Waals surface area contributed by atoms with Gasteiger partial charge in [-0.3, -0.25) is 4.99 Å². The van der Waals surface area contributed by atoms with E-state index in [2.05, 4.69) is 53.6 Å². The molecule has 0 aliphatic heterocycles. The summed E-state index contributed by atoms with van der Waals surface area (Å²) in [4.78, 5) is 9.00. The van der Waals surface area contributed by atoms with Crippen LogP contribution in [0.4, 0.5) is 5.69 Å². The number of pyridine rings is 1. The van der Waals surface area contributed by atoms with E-state index in [9.17, 15) is 0 Å². The monoisotopic (exact) mass is 354 g/mol. The number of aromatic nitrogens is 1. The first-order chi connectivity index (χ1) is 9.90. The van der Waals surface area contributed by atoms with Crippen molar-refractivity contribution in [2.45, 2.75) is 53.9 Å². The first-order valence-corrected chi connectivity index (χ1v) is 8.52. The van der Waals surface area contributed by atoms with E-state index < -0.39 is 0 Å². The van der Waals surface area contributed by atoms with Gasteiger partial charge in [0.25, 0.3) is 0 Å². The molecule has 1 heterocycles. The van der Waals surface area contributed by atoms with Crippen LogP contribution in [0.1, 0.15) is 52.7 Å². The molecule has 1 aromatic heterocycles. The van der Waals surface area contributed by atoms with Crippen molar-refractivity contribution in [3.63, 3.8) is 0 Å². The highest BCUT2D eigenvalue weighted by molar-refractivity contribution is 9.10. The highest BCUT2D eigenvalue weighted by Gasteiger charge is 2.08. The van der Waals surface area contributed by atoms with Crippen LogP contribution in [0.2, 0.25) is 0 Å². The van der Waals surface area contributed by atoms with E-state index in [1.54, 1.807) is 0 Å². The molecule has 0 saturated heterocycles. The molecule has 3 nitrogen and oxygen atoms in total. The molecular weight excluding hydrogens is 328 g/mol. The van der Waals surface area contributed by atoms with Gasteiger partial charge in [0.2, 0.25) is 5.88 Å². The molecule has 1 rings (SSSR count). The number of hydrogen-bond acceptors (Lipinski definition) is 3. The van der Waals surface area contributed by atoms with Crippen LogP contribution in [0.15, 0.2) is 15.5 Å². The summed E-state index contributed by atoms with van der Waals surface area (Å²) in [7, 11) is 0. The van der Waals surface area contributed by atoms with Crippen molar-refractivity contribution in [1.82, 2.24) is 4.98 Å². The van der Waals surface area contributed by atoms with E-state index in [1.165, 1.54) is 6.42 Å². The summed E-state index contributed by atoms with van der Waals surface area (Å²) in [5.41, 5.74) is 1.80. The number of hydrogen-bond donors (Lipinski definition) is 0. The molecule has 118 valence electrons. The van der Waals surface area contributed by atoms with E-state index >= 15 is 0 Å². The van der Waals surface area contributed by atoms with Gasteiger partial charge in [0.1, 0.15) is 0 Å². The Morgan fingerprint density at radius 2 is 2.00 bits per heavy atom. The maximum atomic E-state index is 5.76. The Labute approximate surface area is 137 Å². The van der Waals surface area contributed by atoms with Gasteiger partial charge in [0.15, 0.2) is 0 Å². The molecule has 0 aromatic carbocycles.